The van der Waals surface area contributed by atoms with Crippen molar-refractivity contribution in [3.63, 3.8) is 0 Å². The molecule has 5 nitrogen and oxygen atoms in total. The van der Waals surface area contributed by atoms with Crippen LogP contribution < -0.4 is 0 Å². The van der Waals surface area contributed by atoms with Crippen molar-refractivity contribution in [2.45, 2.75) is 44.8 Å². The smallest absolute Gasteiger partial charge is 0.348 e. The molecule has 2 rings (SSSR count). The van der Waals surface area contributed by atoms with Crippen molar-refractivity contribution < 1.29 is 19.1 Å². The van der Waals surface area contributed by atoms with E-state index in [1.54, 1.807) is 0 Å². The molecule has 1 aliphatic heterocycles. The van der Waals surface area contributed by atoms with E-state index in [9.17, 15) is 0 Å². The van der Waals surface area contributed by atoms with E-state index in [1.165, 1.54) is 5.57 Å². The predicted octanol–water partition coefficient (Wildman–Crippen LogP) is 1.95. The summed E-state index contributed by atoms with van der Waals surface area (Å²) in [5.74, 6) is -0.308. The minimum absolute atomic E-state index is 0.250. The molecule has 2 fully saturated rings. The van der Waals surface area contributed by atoms with Crippen LogP contribution in [-0.4, -0.2) is 25.2 Å². The van der Waals surface area contributed by atoms with Gasteiger partial charge in [0.05, 0.1) is 19.3 Å². The maximum absolute atomic E-state index is 8.96. The van der Waals surface area contributed by atoms with Gasteiger partial charge in [-0.25, -0.2) is 0 Å². The van der Waals surface area contributed by atoms with E-state index in [1.807, 2.05) is 6.92 Å². The average Bonchev–Trinajstić information content (AvgIpc) is 2.83. The van der Waals surface area contributed by atoms with Crippen LogP contribution in [0.5, 0.6) is 0 Å². The molecule has 5 heteroatoms. The van der Waals surface area contributed by atoms with Crippen LogP contribution in [0.3, 0.4) is 0 Å². The third kappa shape index (κ3) is 3.51. The monoisotopic (exact) mass is 251 g/mol. The van der Waals surface area contributed by atoms with E-state index >= 15 is 0 Å². The molecule has 0 atom stereocenters. The van der Waals surface area contributed by atoms with E-state index in [-0.39, 0.29) is 11.9 Å². The van der Waals surface area contributed by atoms with E-state index in [0.717, 1.165) is 50.9 Å². The quantitative estimate of drug-likeness (QED) is 0.666. The lowest BCUT2D eigenvalue weighted by molar-refractivity contribution is -0.191. The Morgan fingerprint density at radius 3 is 2.17 bits per heavy atom. The van der Waals surface area contributed by atoms with Crippen molar-refractivity contribution in [1.82, 2.24) is 0 Å². The molecule has 18 heavy (non-hydrogen) atoms. The minimum atomic E-state index is -0.308. The van der Waals surface area contributed by atoms with Gasteiger partial charge in [0.2, 0.25) is 0 Å². The minimum Gasteiger partial charge on any atom is -0.348 e. The van der Waals surface area contributed by atoms with Crippen molar-refractivity contribution >= 4 is 6.15 Å². The lowest BCUT2D eigenvalue weighted by Crippen LogP contribution is -2.33. The zero-order chi connectivity index (χ0) is 13.4. The summed E-state index contributed by atoms with van der Waals surface area (Å²) in [7, 11) is 0. The van der Waals surface area contributed by atoms with Crippen molar-refractivity contribution in [3.05, 3.63) is 11.1 Å². The molecule has 0 amide bonds. The number of nitriles is 1. The van der Waals surface area contributed by atoms with E-state index in [0.29, 0.717) is 0 Å². The zero-order valence-electron chi connectivity index (χ0n) is 10.5. The van der Waals surface area contributed by atoms with Crippen LogP contribution in [0.4, 0.5) is 0 Å². The van der Waals surface area contributed by atoms with Crippen LogP contribution in [0.15, 0.2) is 11.1 Å². The number of ether oxygens (including phenoxy) is 2. The third-order valence-electron chi connectivity index (χ3n) is 3.34. The van der Waals surface area contributed by atoms with Gasteiger partial charge in [0.25, 0.3) is 0 Å². The Morgan fingerprint density at radius 2 is 1.78 bits per heavy atom. The summed E-state index contributed by atoms with van der Waals surface area (Å²) in [6, 6.07) is 2.30. The number of nitrogens with zero attached hydrogens (tertiary/aromatic N) is 1. The van der Waals surface area contributed by atoms with E-state index < -0.39 is 0 Å². The van der Waals surface area contributed by atoms with Gasteiger partial charge in [-0.2, -0.15) is 14.9 Å². The first-order valence-corrected chi connectivity index (χ1v) is 6.09. The second-order valence-electron chi connectivity index (χ2n) is 4.24. The van der Waals surface area contributed by atoms with Crippen LogP contribution in [-0.2, 0) is 19.1 Å². The molecule has 0 unspecified atom stereocenters. The molecular formula is C13H17NO4. The highest BCUT2D eigenvalue weighted by molar-refractivity contribution is 5.28. The van der Waals surface area contributed by atoms with Crippen LogP contribution in [0.2, 0.25) is 0 Å². The normalized spacial score (nSPS) is 20.6. The summed E-state index contributed by atoms with van der Waals surface area (Å²) < 4.78 is 11.3. The molecule has 1 saturated heterocycles. The fourth-order valence-corrected chi connectivity index (χ4v) is 2.43. The summed E-state index contributed by atoms with van der Waals surface area (Å²) in [6.45, 7) is 3.48. The highest BCUT2D eigenvalue weighted by Gasteiger charge is 2.39. The number of allylic oxidation sites excluding steroid dienone is 2. The van der Waals surface area contributed by atoms with Crippen molar-refractivity contribution in [2.24, 2.45) is 0 Å². The van der Waals surface area contributed by atoms with Gasteiger partial charge >= 0.3 is 6.15 Å². The summed E-state index contributed by atoms with van der Waals surface area (Å²) in [4.78, 5) is 16.2. The summed E-state index contributed by atoms with van der Waals surface area (Å²) >= 11 is 0. The van der Waals surface area contributed by atoms with Crippen LogP contribution in [0.25, 0.3) is 0 Å². The van der Waals surface area contributed by atoms with Crippen molar-refractivity contribution in [1.29, 1.82) is 5.26 Å². The molecule has 0 radical (unpaired) electrons. The van der Waals surface area contributed by atoms with Gasteiger partial charge < -0.3 is 9.47 Å². The average molecular weight is 251 g/mol. The highest BCUT2D eigenvalue weighted by atomic mass is 16.7. The first-order chi connectivity index (χ1) is 8.71. The molecule has 1 spiro atoms. The largest absolute Gasteiger partial charge is 0.373 e. The first kappa shape index (κ1) is 14.6. The van der Waals surface area contributed by atoms with E-state index in [4.69, 9.17) is 24.3 Å². The molecule has 0 aromatic rings. The second kappa shape index (κ2) is 7.07. The Bertz CT molecular complexity index is 370. The van der Waals surface area contributed by atoms with Crippen molar-refractivity contribution in [2.75, 3.05) is 13.2 Å². The summed E-state index contributed by atoms with van der Waals surface area (Å²) in [5, 5.41) is 8.96. The molecule has 0 bridgehead atoms. The van der Waals surface area contributed by atoms with Gasteiger partial charge in [-0.3, -0.25) is 0 Å². The molecule has 2 aliphatic rings. The SMILES string of the molecule is CCC(C#N)=C1CCC2(CC1)OCCO2.O=C=O. The molecule has 1 saturated carbocycles. The van der Waals surface area contributed by atoms with Crippen LogP contribution in [0.1, 0.15) is 39.0 Å². The molecule has 0 aromatic heterocycles. The second-order valence-corrected chi connectivity index (χ2v) is 4.24. The van der Waals surface area contributed by atoms with Gasteiger partial charge in [-0.05, 0) is 19.3 Å². The van der Waals surface area contributed by atoms with Crippen LogP contribution in [0, 0.1) is 11.3 Å². The molecular weight excluding hydrogens is 234 g/mol. The number of rotatable bonds is 1. The highest BCUT2D eigenvalue weighted by Crippen LogP contribution is 2.39. The number of hydrogen-bond acceptors (Lipinski definition) is 5. The lowest BCUT2D eigenvalue weighted by Gasteiger charge is -2.32. The van der Waals surface area contributed by atoms with E-state index in [2.05, 4.69) is 6.07 Å². The Kier molecular flexibility index (Phi) is 5.73. The number of carbonyl (C=O) groups excluding carboxylic acids is 2. The van der Waals surface area contributed by atoms with Gasteiger partial charge in [0, 0.05) is 18.4 Å². The van der Waals surface area contributed by atoms with Crippen LogP contribution >= 0.6 is 0 Å². The maximum Gasteiger partial charge on any atom is 0.373 e. The molecule has 0 N–H and O–H groups in total. The standard InChI is InChI=1S/C12H17NO2.CO2/c1-2-10(9-13)11-3-5-12(6-4-11)14-7-8-15-12;2-1-3/h2-8H2,1H3;. The Balaban J connectivity index is 0.000000492. The van der Waals surface area contributed by atoms with Gasteiger partial charge in [0.1, 0.15) is 0 Å². The molecule has 0 aromatic carbocycles. The van der Waals surface area contributed by atoms with Gasteiger partial charge in [0.15, 0.2) is 5.79 Å². The fraction of sp³-hybridized carbons (Fsp3) is 0.692. The molecule has 98 valence electrons. The third-order valence-corrected chi connectivity index (χ3v) is 3.34. The maximum atomic E-state index is 8.96. The first-order valence-electron chi connectivity index (χ1n) is 6.09. The fourth-order valence-electron chi connectivity index (χ4n) is 2.43. The topological polar surface area (TPSA) is 76.4 Å². The van der Waals surface area contributed by atoms with Gasteiger partial charge in [-0.1, -0.05) is 12.5 Å². The predicted molar refractivity (Wildman–Crippen MR) is 61.0 cm³/mol. The molecule has 1 heterocycles. The Hall–Kier alpha value is -1.47. The van der Waals surface area contributed by atoms with Gasteiger partial charge in [-0.15, -0.1) is 0 Å². The Labute approximate surface area is 106 Å². The molecule has 1 aliphatic carbocycles. The number of hydrogen-bond donors (Lipinski definition) is 0. The lowest BCUT2D eigenvalue weighted by atomic mass is 9.86. The summed E-state index contributed by atoms with van der Waals surface area (Å²) in [6.07, 6.45) is 4.83. The zero-order valence-corrected chi connectivity index (χ0v) is 10.5. The van der Waals surface area contributed by atoms with Crippen molar-refractivity contribution in [3.8, 4) is 6.07 Å². The Morgan fingerprint density at radius 1 is 1.28 bits per heavy atom. The summed E-state index contributed by atoms with van der Waals surface area (Å²) in [5.41, 5.74) is 2.27.